The minimum absolute atomic E-state index is 0.0232. The van der Waals surface area contributed by atoms with Crippen molar-refractivity contribution in [1.29, 1.82) is 0 Å². The Labute approximate surface area is 115 Å². The van der Waals surface area contributed by atoms with Gasteiger partial charge >= 0.3 is 6.09 Å². The Hall–Kier alpha value is -1.07. The van der Waals surface area contributed by atoms with Crippen molar-refractivity contribution in [2.24, 2.45) is 0 Å². The summed E-state index contributed by atoms with van der Waals surface area (Å²) in [7, 11) is 0. The largest absolute Gasteiger partial charge is 0.444 e. The van der Waals surface area contributed by atoms with Crippen molar-refractivity contribution in [3.05, 3.63) is 12.2 Å². The highest BCUT2D eigenvalue weighted by Gasteiger charge is 2.30. The Bertz CT molecular complexity index is 322. The van der Waals surface area contributed by atoms with Gasteiger partial charge in [-0.2, -0.15) is 0 Å². The fourth-order valence-electron chi connectivity index (χ4n) is 1.99. The van der Waals surface area contributed by atoms with Gasteiger partial charge in [0.05, 0.1) is 6.04 Å². The Morgan fingerprint density at radius 3 is 2.79 bits per heavy atom. The van der Waals surface area contributed by atoms with Gasteiger partial charge in [0.15, 0.2) is 6.29 Å². The van der Waals surface area contributed by atoms with Crippen LogP contribution in [0.2, 0.25) is 0 Å². The summed E-state index contributed by atoms with van der Waals surface area (Å²) in [5.74, 6) is 0. The lowest BCUT2D eigenvalue weighted by molar-refractivity contribution is -0.0591. The normalized spacial score (nSPS) is 21.9. The number of likely N-dealkylation sites (tertiary alicyclic amines) is 1. The zero-order valence-corrected chi connectivity index (χ0v) is 12.3. The van der Waals surface area contributed by atoms with Crippen molar-refractivity contribution in [1.82, 2.24) is 4.90 Å². The van der Waals surface area contributed by atoms with Gasteiger partial charge in [0.2, 0.25) is 0 Å². The van der Waals surface area contributed by atoms with Gasteiger partial charge in [-0.05, 0) is 46.6 Å². The molecule has 1 aliphatic rings. The van der Waals surface area contributed by atoms with Gasteiger partial charge in [0, 0.05) is 13.2 Å². The molecule has 1 fully saturated rings. The van der Waals surface area contributed by atoms with E-state index in [0.29, 0.717) is 13.2 Å². The molecule has 0 aromatic carbocycles. The third-order valence-corrected chi connectivity index (χ3v) is 2.76. The van der Waals surface area contributed by atoms with E-state index >= 15 is 0 Å². The van der Waals surface area contributed by atoms with Gasteiger partial charge < -0.3 is 19.5 Å². The summed E-state index contributed by atoms with van der Waals surface area (Å²) in [4.78, 5) is 13.7. The zero-order chi connectivity index (χ0) is 14.5. The molecule has 1 heterocycles. The first-order chi connectivity index (χ1) is 8.83. The SMILES string of the molecule is CCOC(O)/C=C/C1CCCN1C(=O)OC(C)(C)C. The number of aliphatic hydroxyl groups is 1. The van der Waals surface area contributed by atoms with Crippen molar-refractivity contribution in [3.63, 3.8) is 0 Å². The van der Waals surface area contributed by atoms with Gasteiger partial charge in [0.1, 0.15) is 5.60 Å². The molecule has 1 N–H and O–H groups in total. The van der Waals surface area contributed by atoms with Crippen molar-refractivity contribution in [2.45, 2.75) is 58.5 Å². The number of aliphatic hydroxyl groups excluding tert-OH is 1. The predicted octanol–water partition coefficient (Wildman–Crippen LogP) is 2.30. The average molecular weight is 271 g/mol. The highest BCUT2D eigenvalue weighted by molar-refractivity contribution is 5.69. The highest BCUT2D eigenvalue weighted by atomic mass is 16.6. The van der Waals surface area contributed by atoms with Gasteiger partial charge in [0.25, 0.3) is 0 Å². The van der Waals surface area contributed by atoms with Crippen molar-refractivity contribution in [2.75, 3.05) is 13.2 Å². The summed E-state index contributed by atoms with van der Waals surface area (Å²) < 4.78 is 10.4. The summed E-state index contributed by atoms with van der Waals surface area (Å²) in [5, 5.41) is 9.48. The molecule has 0 aromatic rings. The molecule has 0 aromatic heterocycles. The van der Waals surface area contributed by atoms with E-state index in [1.807, 2.05) is 33.8 Å². The van der Waals surface area contributed by atoms with E-state index in [0.717, 1.165) is 12.8 Å². The molecule has 0 saturated carbocycles. The first-order valence-corrected chi connectivity index (χ1v) is 6.81. The molecule has 5 heteroatoms. The van der Waals surface area contributed by atoms with Crippen LogP contribution < -0.4 is 0 Å². The number of carbonyl (C=O) groups excluding carboxylic acids is 1. The molecular formula is C14H25NO4. The molecule has 1 saturated heterocycles. The lowest BCUT2D eigenvalue weighted by Crippen LogP contribution is -2.39. The summed E-state index contributed by atoms with van der Waals surface area (Å²) in [6.07, 6.45) is 4.01. The second-order valence-electron chi connectivity index (χ2n) is 5.61. The molecule has 5 nitrogen and oxygen atoms in total. The van der Waals surface area contributed by atoms with Crippen molar-refractivity contribution in [3.8, 4) is 0 Å². The smallest absolute Gasteiger partial charge is 0.410 e. The zero-order valence-electron chi connectivity index (χ0n) is 12.3. The minimum atomic E-state index is -0.911. The standard InChI is InChI=1S/C14H25NO4/c1-5-18-12(16)9-8-11-7-6-10-15(11)13(17)19-14(2,3)4/h8-9,11-12,16H,5-7,10H2,1-4H3/b9-8+. The van der Waals surface area contributed by atoms with E-state index < -0.39 is 11.9 Å². The van der Waals surface area contributed by atoms with E-state index in [2.05, 4.69) is 0 Å². The molecule has 0 bridgehead atoms. The van der Waals surface area contributed by atoms with Crippen LogP contribution in [0, 0.1) is 0 Å². The van der Waals surface area contributed by atoms with E-state index in [1.54, 1.807) is 11.0 Å². The van der Waals surface area contributed by atoms with Crippen LogP contribution in [-0.2, 0) is 9.47 Å². The second-order valence-corrected chi connectivity index (χ2v) is 5.61. The van der Waals surface area contributed by atoms with Gasteiger partial charge in [-0.15, -0.1) is 0 Å². The molecule has 0 radical (unpaired) electrons. The second kappa shape index (κ2) is 6.91. The van der Waals surface area contributed by atoms with Crippen LogP contribution in [0.4, 0.5) is 4.79 Å². The molecule has 0 aliphatic carbocycles. The quantitative estimate of drug-likeness (QED) is 0.629. The summed E-state index contributed by atoms with van der Waals surface area (Å²) in [6.45, 7) is 8.51. The number of ether oxygens (including phenoxy) is 2. The van der Waals surface area contributed by atoms with Crippen LogP contribution in [0.3, 0.4) is 0 Å². The molecule has 0 spiro atoms. The fourth-order valence-corrected chi connectivity index (χ4v) is 1.99. The van der Waals surface area contributed by atoms with E-state index in [1.165, 1.54) is 0 Å². The molecule has 1 amide bonds. The highest BCUT2D eigenvalue weighted by Crippen LogP contribution is 2.21. The van der Waals surface area contributed by atoms with Crippen LogP contribution in [0.25, 0.3) is 0 Å². The van der Waals surface area contributed by atoms with E-state index in [9.17, 15) is 9.90 Å². The van der Waals surface area contributed by atoms with Crippen LogP contribution in [0.1, 0.15) is 40.5 Å². The number of amides is 1. The summed E-state index contributed by atoms with van der Waals surface area (Å²) in [5.41, 5.74) is -0.487. The Balaban J connectivity index is 2.56. The number of nitrogens with zero attached hydrogens (tertiary/aromatic N) is 1. The number of hydrogen-bond donors (Lipinski definition) is 1. The van der Waals surface area contributed by atoms with Gasteiger partial charge in [-0.3, -0.25) is 0 Å². The average Bonchev–Trinajstić information content (AvgIpc) is 2.72. The topological polar surface area (TPSA) is 59.0 Å². The Kier molecular flexibility index (Phi) is 5.82. The number of rotatable bonds is 4. The van der Waals surface area contributed by atoms with Crippen LogP contribution in [-0.4, -0.2) is 47.2 Å². The maximum Gasteiger partial charge on any atom is 0.410 e. The Morgan fingerprint density at radius 1 is 1.53 bits per heavy atom. The molecule has 1 aliphatic heterocycles. The van der Waals surface area contributed by atoms with E-state index in [-0.39, 0.29) is 12.1 Å². The van der Waals surface area contributed by atoms with Crippen molar-refractivity contribution >= 4 is 6.09 Å². The first-order valence-electron chi connectivity index (χ1n) is 6.81. The number of carbonyl (C=O) groups is 1. The predicted molar refractivity (Wildman–Crippen MR) is 72.7 cm³/mol. The molecule has 19 heavy (non-hydrogen) atoms. The summed E-state index contributed by atoms with van der Waals surface area (Å²) in [6, 6.07) is -0.0232. The number of hydrogen-bond acceptors (Lipinski definition) is 4. The van der Waals surface area contributed by atoms with E-state index in [4.69, 9.17) is 9.47 Å². The minimum Gasteiger partial charge on any atom is -0.444 e. The first kappa shape index (κ1) is 16.0. The van der Waals surface area contributed by atoms with Crippen LogP contribution >= 0.6 is 0 Å². The van der Waals surface area contributed by atoms with Gasteiger partial charge in [-0.1, -0.05) is 6.08 Å². The molecule has 1 rings (SSSR count). The molecular weight excluding hydrogens is 246 g/mol. The van der Waals surface area contributed by atoms with Crippen LogP contribution in [0.15, 0.2) is 12.2 Å². The lowest BCUT2D eigenvalue weighted by Gasteiger charge is -2.27. The van der Waals surface area contributed by atoms with Crippen LogP contribution in [0.5, 0.6) is 0 Å². The van der Waals surface area contributed by atoms with Gasteiger partial charge in [-0.25, -0.2) is 4.79 Å². The third-order valence-electron chi connectivity index (χ3n) is 2.76. The monoisotopic (exact) mass is 271 g/mol. The molecule has 2 atom stereocenters. The van der Waals surface area contributed by atoms with Crippen molar-refractivity contribution < 1.29 is 19.4 Å². The molecule has 110 valence electrons. The maximum absolute atomic E-state index is 12.0. The summed E-state index contributed by atoms with van der Waals surface area (Å²) >= 11 is 0. The molecule has 2 unspecified atom stereocenters. The third kappa shape index (κ3) is 5.61. The Morgan fingerprint density at radius 2 is 2.21 bits per heavy atom. The maximum atomic E-state index is 12.0. The fraction of sp³-hybridized carbons (Fsp3) is 0.786. The lowest BCUT2D eigenvalue weighted by atomic mass is 10.2.